The number of Topliss-reactive ketones (excluding diaryl/α,β-unsaturated/α-hetero) is 1. The Morgan fingerprint density at radius 2 is 2.50 bits per heavy atom. The first-order valence-electron chi connectivity index (χ1n) is 4.55. The second-order valence-electron chi connectivity index (χ2n) is 3.07. The van der Waals surface area contributed by atoms with Gasteiger partial charge in [-0.15, -0.1) is 17.9 Å². The van der Waals surface area contributed by atoms with E-state index in [-0.39, 0.29) is 5.78 Å². The molecule has 4 heteroatoms. The van der Waals surface area contributed by atoms with Gasteiger partial charge < -0.3 is 5.73 Å². The molecule has 1 aromatic heterocycles. The number of hydrogen-bond donors (Lipinski definition) is 1. The molecule has 2 N–H and O–H groups in total. The van der Waals surface area contributed by atoms with E-state index in [9.17, 15) is 4.79 Å². The van der Waals surface area contributed by atoms with Gasteiger partial charge in [0, 0.05) is 18.2 Å². The standard InChI is InChI=1S/C10H14N2OS/c1-2-3-4-5-9(13)6-8-7-14-10(11)12-8/h2,7H,1,3-6H2,(H2,11,12). The molecule has 14 heavy (non-hydrogen) atoms. The minimum absolute atomic E-state index is 0.220. The topological polar surface area (TPSA) is 56.0 Å². The van der Waals surface area contributed by atoms with Crippen LogP contribution in [0, 0.1) is 0 Å². The minimum Gasteiger partial charge on any atom is -0.375 e. The lowest BCUT2D eigenvalue weighted by Gasteiger charge is -1.96. The van der Waals surface area contributed by atoms with Crippen molar-refractivity contribution in [3.63, 3.8) is 0 Å². The Labute approximate surface area is 87.7 Å². The van der Waals surface area contributed by atoms with Gasteiger partial charge in [0.05, 0.1) is 5.69 Å². The van der Waals surface area contributed by atoms with Crippen LogP contribution in [0.1, 0.15) is 25.0 Å². The molecular formula is C10H14N2OS. The quantitative estimate of drug-likeness (QED) is 0.578. The van der Waals surface area contributed by atoms with Gasteiger partial charge in [-0.2, -0.15) is 0 Å². The summed E-state index contributed by atoms with van der Waals surface area (Å²) in [6, 6.07) is 0. The zero-order chi connectivity index (χ0) is 10.4. The van der Waals surface area contributed by atoms with Crippen LogP contribution < -0.4 is 5.73 Å². The summed E-state index contributed by atoms with van der Waals surface area (Å²) in [6.45, 7) is 3.61. The van der Waals surface area contributed by atoms with Crippen LogP contribution in [-0.4, -0.2) is 10.8 Å². The largest absolute Gasteiger partial charge is 0.375 e. The predicted molar refractivity (Wildman–Crippen MR) is 59.3 cm³/mol. The lowest BCUT2D eigenvalue weighted by atomic mass is 10.1. The number of carbonyl (C=O) groups is 1. The zero-order valence-electron chi connectivity index (χ0n) is 8.03. The molecule has 0 radical (unpaired) electrons. The molecule has 0 bridgehead atoms. The second kappa shape index (κ2) is 5.54. The van der Waals surface area contributed by atoms with Crippen LogP contribution in [0.15, 0.2) is 18.0 Å². The van der Waals surface area contributed by atoms with Gasteiger partial charge in [0.15, 0.2) is 5.13 Å². The number of nitrogens with two attached hydrogens (primary N) is 1. The van der Waals surface area contributed by atoms with Crippen LogP contribution in [0.3, 0.4) is 0 Å². The van der Waals surface area contributed by atoms with Crippen LogP contribution in [0.5, 0.6) is 0 Å². The van der Waals surface area contributed by atoms with Gasteiger partial charge in [-0.05, 0) is 12.8 Å². The molecule has 3 nitrogen and oxygen atoms in total. The molecule has 1 heterocycles. The fourth-order valence-corrected chi connectivity index (χ4v) is 1.70. The average Bonchev–Trinajstić information content (AvgIpc) is 2.52. The number of nitrogen functional groups attached to an aromatic ring is 1. The zero-order valence-corrected chi connectivity index (χ0v) is 8.85. The summed E-state index contributed by atoms with van der Waals surface area (Å²) in [5.74, 6) is 0.220. The highest BCUT2D eigenvalue weighted by molar-refractivity contribution is 7.13. The molecule has 0 aliphatic rings. The first-order valence-corrected chi connectivity index (χ1v) is 5.43. The highest BCUT2D eigenvalue weighted by atomic mass is 32.1. The summed E-state index contributed by atoms with van der Waals surface area (Å²) >= 11 is 1.37. The van der Waals surface area contributed by atoms with E-state index >= 15 is 0 Å². The fraction of sp³-hybridized carbons (Fsp3) is 0.400. The highest BCUT2D eigenvalue weighted by Gasteiger charge is 2.05. The van der Waals surface area contributed by atoms with Crippen molar-refractivity contribution in [1.82, 2.24) is 4.98 Å². The van der Waals surface area contributed by atoms with E-state index < -0.39 is 0 Å². The molecule has 76 valence electrons. The molecular weight excluding hydrogens is 196 g/mol. The Morgan fingerprint density at radius 1 is 1.71 bits per heavy atom. The Bertz CT molecular complexity index is 320. The Balaban J connectivity index is 2.30. The normalized spacial score (nSPS) is 10.0. The van der Waals surface area contributed by atoms with Crippen LogP contribution in [0.2, 0.25) is 0 Å². The van der Waals surface area contributed by atoms with Gasteiger partial charge in [0.25, 0.3) is 0 Å². The van der Waals surface area contributed by atoms with E-state index in [0.717, 1.165) is 18.5 Å². The molecule has 0 unspecified atom stereocenters. The van der Waals surface area contributed by atoms with E-state index in [1.165, 1.54) is 11.3 Å². The van der Waals surface area contributed by atoms with Gasteiger partial charge in [-0.25, -0.2) is 4.98 Å². The van der Waals surface area contributed by atoms with Crippen molar-refractivity contribution in [3.05, 3.63) is 23.7 Å². The average molecular weight is 210 g/mol. The molecule has 1 aromatic rings. The number of hydrogen-bond acceptors (Lipinski definition) is 4. The second-order valence-corrected chi connectivity index (χ2v) is 3.96. The fourth-order valence-electron chi connectivity index (χ4n) is 1.14. The van der Waals surface area contributed by atoms with Crippen molar-refractivity contribution in [2.24, 2.45) is 0 Å². The SMILES string of the molecule is C=CCCCC(=O)Cc1csc(N)n1. The summed E-state index contributed by atoms with van der Waals surface area (Å²) in [7, 11) is 0. The maximum Gasteiger partial charge on any atom is 0.180 e. The summed E-state index contributed by atoms with van der Waals surface area (Å²) in [4.78, 5) is 15.4. The van der Waals surface area contributed by atoms with Gasteiger partial charge in [-0.1, -0.05) is 6.08 Å². The lowest BCUT2D eigenvalue weighted by molar-refractivity contribution is -0.118. The smallest absolute Gasteiger partial charge is 0.180 e. The molecule has 0 fully saturated rings. The van der Waals surface area contributed by atoms with E-state index in [2.05, 4.69) is 11.6 Å². The number of allylic oxidation sites excluding steroid dienone is 1. The van der Waals surface area contributed by atoms with Crippen molar-refractivity contribution in [3.8, 4) is 0 Å². The summed E-state index contributed by atoms with van der Waals surface area (Å²) in [5.41, 5.74) is 6.25. The third kappa shape index (κ3) is 3.70. The Kier molecular flexibility index (Phi) is 4.32. The first kappa shape index (κ1) is 10.9. The molecule has 0 amide bonds. The maximum absolute atomic E-state index is 11.4. The number of nitrogens with zero attached hydrogens (tertiary/aromatic N) is 1. The third-order valence-electron chi connectivity index (χ3n) is 1.81. The van der Waals surface area contributed by atoms with E-state index in [4.69, 9.17) is 5.73 Å². The first-order chi connectivity index (χ1) is 6.72. The van der Waals surface area contributed by atoms with Gasteiger partial charge in [0.2, 0.25) is 0 Å². The van der Waals surface area contributed by atoms with Gasteiger partial charge in [0.1, 0.15) is 5.78 Å². The van der Waals surface area contributed by atoms with E-state index in [0.29, 0.717) is 18.0 Å². The number of ketones is 1. The van der Waals surface area contributed by atoms with Crippen LogP contribution in [0.25, 0.3) is 0 Å². The molecule has 0 spiro atoms. The third-order valence-corrected chi connectivity index (χ3v) is 2.53. The number of aromatic nitrogens is 1. The molecule has 0 atom stereocenters. The van der Waals surface area contributed by atoms with Gasteiger partial charge in [-0.3, -0.25) is 4.79 Å². The monoisotopic (exact) mass is 210 g/mol. The predicted octanol–water partition coefficient (Wildman–Crippen LogP) is 2.19. The number of rotatable bonds is 6. The summed E-state index contributed by atoms with van der Waals surface area (Å²) in [5, 5.41) is 2.36. The summed E-state index contributed by atoms with van der Waals surface area (Å²) < 4.78 is 0. The summed E-state index contributed by atoms with van der Waals surface area (Å²) in [6.07, 6.45) is 4.61. The van der Waals surface area contributed by atoms with Crippen molar-refractivity contribution in [1.29, 1.82) is 0 Å². The number of carbonyl (C=O) groups excluding carboxylic acids is 1. The molecule has 0 aliphatic heterocycles. The lowest BCUT2D eigenvalue weighted by Crippen LogP contribution is -2.02. The van der Waals surface area contributed by atoms with Crippen molar-refractivity contribution in [2.75, 3.05) is 5.73 Å². The van der Waals surface area contributed by atoms with Crippen molar-refractivity contribution in [2.45, 2.75) is 25.7 Å². The van der Waals surface area contributed by atoms with Crippen LogP contribution in [0.4, 0.5) is 5.13 Å². The van der Waals surface area contributed by atoms with E-state index in [1.54, 1.807) is 0 Å². The van der Waals surface area contributed by atoms with Crippen LogP contribution >= 0.6 is 11.3 Å². The number of anilines is 1. The molecule has 1 rings (SSSR count). The molecule has 0 aromatic carbocycles. The number of thiazole rings is 1. The van der Waals surface area contributed by atoms with E-state index in [1.807, 2.05) is 11.5 Å². The van der Waals surface area contributed by atoms with Gasteiger partial charge >= 0.3 is 0 Å². The van der Waals surface area contributed by atoms with Crippen LogP contribution in [-0.2, 0) is 11.2 Å². The number of unbranched alkanes of at least 4 members (excludes halogenated alkanes) is 1. The van der Waals surface area contributed by atoms with Crippen molar-refractivity contribution >= 4 is 22.3 Å². The maximum atomic E-state index is 11.4. The molecule has 0 saturated heterocycles. The molecule has 0 saturated carbocycles. The Morgan fingerprint density at radius 3 is 3.07 bits per heavy atom. The molecule has 0 aliphatic carbocycles. The minimum atomic E-state index is 0.220. The van der Waals surface area contributed by atoms with Crippen molar-refractivity contribution < 1.29 is 4.79 Å². The Hall–Kier alpha value is -1.16. The highest BCUT2D eigenvalue weighted by Crippen LogP contribution is 2.12.